The Hall–Kier alpha value is -0.910. The van der Waals surface area contributed by atoms with Crippen LogP contribution in [0.4, 0.5) is 0 Å². The molecule has 0 bridgehead atoms. The van der Waals surface area contributed by atoms with Crippen molar-refractivity contribution in [3.05, 3.63) is 18.0 Å². The lowest BCUT2D eigenvalue weighted by Crippen LogP contribution is -2.35. The van der Waals surface area contributed by atoms with E-state index in [1.54, 1.807) is 0 Å². The molecule has 2 aliphatic rings. The molecule has 0 aromatic carbocycles. The molecular formula is C15H26N4O. The molecule has 20 heavy (non-hydrogen) atoms. The van der Waals surface area contributed by atoms with Crippen LogP contribution < -0.4 is 0 Å². The van der Waals surface area contributed by atoms with Crippen LogP contribution in [-0.4, -0.2) is 72.1 Å². The Labute approximate surface area is 121 Å². The van der Waals surface area contributed by atoms with Gasteiger partial charge in [0.25, 0.3) is 0 Å². The van der Waals surface area contributed by atoms with Crippen molar-refractivity contribution in [2.24, 2.45) is 0 Å². The van der Waals surface area contributed by atoms with Gasteiger partial charge in [-0.15, -0.1) is 0 Å². The summed E-state index contributed by atoms with van der Waals surface area (Å²) in [6.07, 6.45) is 6.53. The van der Waals surface area contributed by atoms with Crippen molar-refractivity contribution < 1.29 is 4.74 Å². The van der Waals surface area contributed by atoms with E-state index >= 15 is 0 Å². The molecule has 1 unspecified atom stereocenters. The highest BCUT2D eigenvalue weighted by Gasteiger charge is 2.24. The summed E-state index contributed by atoms with van der Waals surface area (Å²) in [7, 11) is 0. The van der Waals surface area contributed by atoms with Crippen molar-refractivity contribution in [3.8, 4) is 0 Å². The molecular weight excluding hydrogens is 252 g/mol. The van der Waals surface area contributed by atoms with Crippen LogP contribution in [0.5, 0.6) is 0 Å². The van der Waals surface area contributed by atoms with Gasteiger partial charge in [0, 0.05) is 52.1 Å². The van der Waals surface area contributed by atoms with Gasteiger partial charge in [-0.2, -0.15) is 5.10 Å². The molecule has 3 rings (SSSR count). The summed E-state index contributed by atoms with van der Waals surface area (Å²) in [6.45, 7) is 10.9. The minimum absolute atomic E-state index is 0.566. The van der Waals surface area contributed by atoms with Crippen molar-refractivity contribution in [3.63, 3.8) is 0 Å². The first-order valence-corrected chi connectivity index (χ1v) is 7.84. The number of hydrogen-bond acceptors (Lipinski definition) is 4. The molecule has 2 aliphatic heterocycles. The maximum Gasteiger partial charge on any atom is 0.0658 e. The predicted octanol–water partition coefficient (Wildman–Crippen LogP) is 1.16. The van der Waals surface area contributed by atoms with Crippen molar-refractivity contribution in [1.29, 1.82) is 0 Å². The third kappa shape index (κ3) is 3.59. The maximum atomic E-state index is 5.51. The largest absolute Gasteiger partial charge is 0.380 e. The Bertz CT molecular complexity index is 412. The highest BCUT2D eigenvalue weighted by atomic mass is 16.5. The van der Waals surface area contributed by atoms with Crippen LogP contribution in [0.1, 0.15) is 24.4 Å². The van der Waals surface area contributed by atoms with Crippen molar-refractivity contribution in [2.45, 2.75) is 25.8 Å². The van der Waals surface area contributed by atoms with E-state index in [1.807, 2.05) is 6.20 Å². The number of hydrogen-bond donors (Lipinski definition) is 0. The van der Waals surface area contributed by atoms with E-state index in [9.17, 15) is 0 Å². The fraction of sp³-hybridized carbons (Fsp3) is 0.800. The Morgan fingerprint density at radius 2 is 2.10 bits per heavy atom. The molecule has 1 aromatic rings. The van der Waals surface area contributed by atoms with Crippen molar-refractivity contribution in [1.82, 2.24) is 19.6 Å². The average molecular weight is 278 g/mol. The quantitative estimate of drug-likeness (QED) is 0.827. The highest BCUT2D eigenvalue weighted by molar-refractivity contribution is 5.01. The molecule has 5 heteroatoms. The molecule has 0 N–H and O–H groups in total. The third-order valence-corrected chi connectivity index (χ3v) is 4.40. The monoisotopic (exact) mass is 278 g/mol. The highest BCUT2D eigenvalue weighted by Crippen LogP contribution is 2.20. The lowest BCUT2D eigenvalue weighted by Gasteiger charge is -2.23. The summed E-state index contributed by atoms with van der Waals surface area (Å²) in [4.78, 5) is 5.12. The van der Waals surface area contributed by atoms with Gasteiger partial charge in [0.05, 0.1) is 18.8 Å². The van der Waals surface area contributed by atoms with E-state index in [1.165, 1.54) is 44.6 Å². The summed E-state index contributed by atoms with van der Waals surface area (Å²) in [5, 5.41) is 4.46. The second kappa shape index (κ2) is 6.70. The van der Waals surface area contributed by atoms with Crippen LogP contribution >= 0.6 is 0 Å². The molecule has 1 aromatic heterocycles. The summed E-state index contributed by atoms with van der Waals surface area (Å²) in [6, 6.07) is 0.566. The average Bonchev–Trinajstić information content (AvgIpc) is 3.00. The Balaban J connectivity index is 1.43. The number of aryl methyl sites for hydroxylation is 1. The number of nitrogens with zero attached hydrogens (tertiary/aromatic N) is 4. The van der Waals surface area contributed by atoms with Gasteiger partial charge in [0.1, 0.15) is 0 Å². The molecule has 5 nitrogen and oxygen atoms in total. The molecule has 112 valence electrons. The van der Waals surface area contributed by atoms with Crippen LogP contribution in [0.3, 0.4) is 0 Å². The fourth-order valence-electron chi connectivity index (χ4n) is 3.17. The summed E-state index contributed by atoms with van der Waals surface area (Å²) in [5.41, 5.74) is 1.26. The standard InChI is InChI=1S/C15H26N4O/c1-14-11-16-19(12-14)15-3-5-18(13-15)7-6-17-4-2-9-20-10-8-17/h11-12,15H,2-10,13H2,1H3. The minimum atomic E-state index is 0.566. The topological polar surface area (TPSA) is 33.5 Å². The van der Waals surface area contributed by atoms with Gasteiger partial charge in [-0.1, -0.05) is 0 Å². The third-order valence-electron chi connectivity index (χ3n) is 4.40. The number of aromatic nitrogens is 2. The maximum absolute atomic E-state index is 5.51. The Morgan fingerprint density at radius 1 is 1.20 bits per heavy atom. The van der Waals surface area contributed by atoms with E-state index in [2.05, 4.69) is 32.7 Å². The lowest BCUT2D eigenvalue weighted by molar-refractivity contribution is 0.139. The van der Waals surface area contributed by atoms with Crippen molar-refractivity contribution >= 4 is 0 Å². The summed E-state index contributed by atoms with van der Waals surface area (Å²) < 4.78 is 7.65. The van der Waals surface area contributed by atoms with Gasteiger partial charge in [0.15, 0.2) is 0 Å². The molecule has 0 amide bonds. The molecule has 2 saturated heterocycles. The van der Waals surface area contributed by atoms with Gasteiger partial charge in [-0.3, -0.25) is 14.5 Å². The zero-order chi connectivity index (χ0) is 13.8. The number of likely N-dealkylation sites (tertiary alicyclic amines) is 1. The lowest BCUT2D eigenvalue weighted by atomic mass is 10.3. The van der Waals surface area contributed by atoms with Gasteiger partial charge in [0.2, 0.25) is 0 Å². The number of rotatable bonds is 4. The number of ether oxygens (including phenoxy) is 1. The van der Waals surface area contributed by atoms with E-state index in [4.69, 9.17) is 4.74 Å². The van der Waals surface area contributed by atoms with Gasteiger partial charge in [-0.05, 0) is 25.3 Å². The van der Waals surface area contributed by atoms with E-state index in [0.29, 0.717) is 6.04 Å². The van der Waals surface area contributed by atoms with E-state index < -0.39 is 0 Å². The Kier molecular flexibility index (Phi) is 4.70. The molecule has 0 saturated carbocycles. The first kappa shape index (κ1) is 14.0. The SMILES string of the molecule is Cc1cnn(C2CCN(CCN3CCCOCC3)C2)c1. The van der Waals surface area contributed by atoms with E-state index in [-0.39, 0.29) is 0 Å². The second-order valence-corrected chi connectivity index (χ2v) is 6.05. The smallest absolute Gasteiger partial charge is 0.0658 e. The normalized spacial score (nSPS) is 25.9. The minimum Gasteiger partial charge on any atom is -0.380 e. The molecule has 3 heterocycles. The summed E-state index contributed by atoms with van der Waals surface area (Å²) >= 11 is 0. The van der Waals surface area contributed by atoms with Gasteiger partial charge < -0.3 is 4.74 Å². The first-order valence-electron chi connectivity index (χ1n) is 7.84. The molecule has 0 radical (unpaired) electrons. The van der Waals surface area contributed by atoms with Crippen LogP contribution in [0.2, 0.25) is 0 Å². The fourth-order valence-corrected chi connectivity index (χ4v) is 3.17. The van der Waals surface area contributed by atoms with Crippen LogP contribution in [-0.2, 0) is 4.74 Å². The summed E-state index contributed by atoms with van der Waals surface area (Å²) in [5.74, 6) is 0. The van der Waals surface area contributed by atoms with Crippen molar-refractivity contribution in [2.75, 3.05) is 52.5 Å². The molecule has 0 aliphatic carbocycles. The second-order valence-electron chi connectivity index (χ2n) is 6.05. The van der Waals surface area contributed by atoms with Crippen LogP contribution in [0.25, 0.3) is 0 Å². The molecule has 1 atom stereocenters. The van der Waals surface area contributed by atoms with Gasteiger partial charge >= 0.3 is 0 Å². The van der Waals surface area contributed by atoms with Gasteiger partial charge in [-0.25, -0.2) is 0 Å². The van der Waals surface area contributed by atoms with Crippen LogP contribution in [0, 0.1) is 6.92 Å². The zero-order valence-electron chi connectivity index (χ0n) is 12.5. The molecule has 2 fully saturated rings. The van der Waals surface area contributed by atoms with Crippen LogP contribution in [0.15, 0.2) is 12.4 Å². The Morgan fingerprint density at radius 3 is 2.95 bits per heavy atom. The molecule has 0 spiro atoms. The van der Waals surface area contributed by atoms with E-state index in [0.717, 1.165) is 26.3 Å². The zero-order valence-corrected chi connectivity index (χ0v) is 12.5. The first-order chi connectivity index (χ1) is 9.81. The predicted molar refractivity (Wildman–Crippen MR) is 78.9 cm³/mol.